The molecule has 0 rings (SSSR count). The minimum atomic E-state index is -1.26. The fraction of sp³-hybridized carbons (Fsp3) is 0.600. The maximum atomic E-state index is 11.3. The summed E-state index contributed by atoms with van der Waals surface area (Å²) in [6, 6.07) is 0. The smallest absolute Gasteiger partial charge is 0.331 e. The van der Waals surface area contributed by atoms with Crippen molar-refractivity contribution in [3.63, 3.8) is 0 Å². The highest BCUT2D eigenvalue weighted by atomic mass is 16.7. The Kier molecular flexibility index (Phi) is 9.43. The van der Waals surface area contributed by atoms with Crippen LogP contribution >= 0.6 is 0 Å². The van der Waals surface area contributed by atoms with Gasteiger partial charge in [-0.25, -0.2) is 4.79 Å². The van der Waals surface area contributed by atoms with E-state index < -0.39 is 50.1 Å². The summed E-state index contributed by atoms with van der Waals surface area (Å²) in [6.07, 6.45) is 0. The van der Waals surface area contributed by atoms with Gasteiger partial charge in [0.25, 0.3) is 0 Å². The molecule has 0 aliphatic carbocycles. The van der Waals surface area contributed by atoms with Gasteiger partial charge in [0, 0.05) is 18.0 Å². The molecule has 0 fully saturated rings. The van der Waals surface area contributed by atoms with Gasteiger partial charge in [-0.3, -0.25) is 24.2 Å². The van der Waals surface area contributed by atoms with E-state index in [9.17, 15) is 19.2 Å². The van der Waals surface area contributed by atoms with Gasteiger partial charge in [0.1, 0.15) is 5.28 Å². The summed E-state index contributed by atoms with van der Waals surface area (Å²) in [4.78, 5) is 51.7. The zero-order valence-corrected chi connectivity index (χ0v) is 11.9. The lowest BCUT2D eigenvalue weighted by Crippen LogP contribution is -2.43. The molecular weight excluding hydrogens is 318 g/mol. The minimum absolute atomic E-state index is 0.110. The number of carboxylic acid groups (broad SMARTS) is 3. The minimum Gasteiger partial charge on any atom is -0.480 e. The van der Waals surface area contributed by atoms with E-state index in [2.05, 4.69) is 15.0 Å². The van der Waals surface area contributed by atoms with Crippen molar-refractivity contribution in [2.24, 2.45) is 5.28 Å². The number of carboxylic acids is 3. The van der Waals surface area contributed by atoms with Gasteiger partial charge in [0.05, 0.1) is 26.2 Å². The molecule has 0 bridgehead atoms. The van der Waals surface area contributed by atoms with Crippen molar-refractivity contribution in [2.45, 2.75) is 0 Å². The predicted octanol–water partition coefficient (Wildman–Crippen LogP) is -1.39. The molecule has 13 nitrogen and oxygen atoms in total. The average molecular weight is 333 g/mol. The Balaban J connectivity index is 4.67. The Morgan fingerprint density at radius 3 is 1.61 bits per heavy atom. The van der Waals surface area contributed by atoms with Gasteiger partial charge in [0.15, 0.2) is 0 Å². The van der Waals surface area contributed by atoms with Crippen molar-refractivity contribution in [1.29, 1.82) is 0 Å². The van der Waals surface area contributed by atoms with E-state index in [-0.39, 0.29) is 13.1 Å². The fourth-order valence-electron chi connectivity index (χ4n) is 1.56. The molecule has 0 spiro atoms. The molecular formula is C10H15N5O8. The van der Waals surface area contributed by atoms with Gasteiger partial charge < -0.3 is 20.2 Å². The molecule has 0 aromatic rings. The van der Waals surface area contributed by atoms with Gasteiger partial charge in [-0.15, -0.1) is 0 Å². The van der Waals surface area contributed by atoms with E-state index in [1.54, 1.807) is 0 Å². The molecule has 0 amide bonds. The number of hydrogen-bond acceptors (Lipinski definition) is 8. The first-order chi connectivity index (χ1) is 10.7. The zero-order valence-electron chi connectivity index (χ0n) is 11.9. The molecule has 0 unspecified atom stereocenters. The molecule has 0 aliphatic rings. The molecule has 13 heteroatoms. The molecule has 0 aromatic heterocycles. The van der Waals surface area contributed by atoms with Crippen LogP contribution in [-0.2, 0) is 24.0 Å². The van der Waals surface area contributed by atoms with Crippen LogP contribution in [0.2, 0.25) is 0 Å². The van der Waals surface area contributed by atoms with Gasteiger partial charge in [-0.2, -0.15) is 0 Å². The summed E-state index contributed by atoms with van der Waals surface area (Å²) in [5, 5.41) is 28.7. The Morgan fingerprint density at radius 1 is 0.870 bits per heavy atom. The van der Waals surface area contributed by atoms with Gasteiger partial charge >= 0.3 is 23.9 Å². The van der Waals surface area contributed by atoms with Crippen LogP contribution in [0.1, 0.15) is 0 Å². The third-order valence-electron chi connectivity index (χ3n) is 2.34. The first kappa shape index (κ1) is 20.1. The lowest BCUT2D eigenvalue weighted by atomic mass is 10.4. The number of rotatable bonds is 12. The second-order valence-electron chi connectivity index (χ2n) is 4.24. The fourth-order valence-corrected chi connectivity index (χ4v) is 1.56. The van der Waals surface area contributed by atoms with Gasteiger partial charge in [-0.1, -0.05) is 0 Å². The maximum Gasteiger partial charge on any atom is 0.331 e. The zero-order chi connectivity index (χ0) is 17.8. The van der Waals surface area contributed by atoms with Crippen molar-refractivity contribution >= 4 is 23.9 Å². The van der Waals surface area contributed by atoms with Crippen LogP contribution in [0, 0.1) is 0 Å². The van der Waals surface area contributed by atoms with Crippen LogP contribution in [0.5, 0.6) is 0 Å². The Morgan fingerprint density at radius 2 is 1.26 bits per heavy atom. The number of hydrogen-bond donors (Lipinski definition) is 3. The molecule has 23 heavy (non-hydrogen) atoms. The first-order valence-corrected chi connectivity index (χ1v) is 6.09. The highest BCUT2D eigenvalue weighted by Crippen LogP contribution is 1.96. The van der Waals surface area contributed by atoms with Crippen LogP contribution in [0.3, 0.4) is 0 Å². The predicted molar refractivity (Wildman–Crippen MR) is 71.0 cm³/mol. The number of carbonyl (C=O) groups is 4. The highest BCUT2D eigenvalue weighted by molar-refractivity contribution is 5.74. The molecule has 0 radical (unpaired) electrons. The Labute approximate surface area is 129 Å². The van der Waals surface area contributed by atoms with Gasteiger partial charge in [-0.05, 0) is 5.53 Å². The third-order valence-corrected chi connectivity index (χ3v) is 2.34. The summed E-state index contributed by atoms with van der Waals surface area (Å²) < 4.78 is 0. The second kappa shape index (κ2) is 10.8. The van der Waals surface area contributed by atoms with Crippen molar-refractivity contribution < 1.29 is 39.3 Å². The molecule has 0 saturated heterocycles. The Hall–Kier alpha value is -2.89. The summed E-state index contributed by atoms with van der Waals surface area (Å²) in [5.74, 6) is -4.77. The van der Waals surface area contributed by atoms with Gasteiger partial charge in [0.2, 0.25) is 0 Å². The van der Waals surface area contributed by atoms with E-state index in [4.69, 9.17) is 20.9 Å². The first-order valence-electron chi connectivity index (χ1n) is 6.09. The number of carbonyl (C=O) groups excluding carboxylic acids is 1. The van der Waals surface area contributed by atoms with Crippen molar-refractivity contribution in [2.75, 3.05) is 39.3 Å². The van der Waals surface area contributed by atoms with E-state index in [0.29, 0.717) is 0 Å². The van der Waals surface area contributed by atoms with Crippen molar-refractivity contribution in [3.8, 4) is 0 Å². The molecule has 0 aliphatic heterocycles. The van der Waals surface area contributed by atoms with E-state index in [0.717, 1.165) is 9.80 Å². The largest absolute Gasteiger partial charge is 0.480 e. The summed E-state index contributed by atoms with van der Waals surface area (Å²) in [5.41, 5.74) is 7.99. The lowest BCUT2D eigenvalue weighted by Gasteiger charge is -2.23. The van der Waals surface area contributed by atoms with Crippen molar-refractivity contribution in [1.82, 2.24) is 9.80 Å². The molecule has 3 N–H and O–H groups in total. The average Bonchev–Trinajstić information content (AvgIpc) is 2.40. The molecule has 128 valence electrons. The number of azide groups is 1. The van der Waals surface area contributed by atoms with Crippen LogP contribution in [0.4, 0.5) is 0 Å². The Bertz CT molecular complexity index is 487. The monoisotopic (exact) mass is 333 g/mol. The number of aliphatic carboxylic acids is 3. The third kappa shape index (κ3) is 11.4. The van der Waals surface area contributed by atoms with E-state index in [1.165, 1.54) is 0 Å². The summed E-state index contributed by atoms with van der Waals surface area (Å²) >= 11 is 0. The van der Waals surface area contributed by atoms with Crippen LogP contribution in [0.15, 0.2) is 5.28 Å². The van der Waals surface area contributed by atoms with Crippen LogP contribution in [-0.4, -0.2) is 88.3 Å². The molecule has 0 aromatic carbocycles. The summed E-state index contributed by atoms with van der Waals surface area (Å²) in [6.45, 7) is -2.44. The van der Waals surface area contributed by atoms with Crippen molar-refractivity contribution in [3.05, 3.63) is 10.4 Å². The van der Waals surface area contributed by atoms with Crippen LogP contribution in [0.25, 0.3) is 10.4 Å². The quantitative estimate of drug-likeness (QED) is 0.166. The highest BCUT2D eigenvalue weighted by Gasteiger charge is 2.18. The van der Waals surface area contributed by atoms with E-state index >= 15 is 0 Å². The summed E-state index contributed by atoms with van der Waals surface area (Å²) in [7, 11) is 0. The van der Waals surface area contributed by atoms with E-state index in [1.807, 2.05) is 0 Å². The topological polar surface area (TPSA) is 193 Å². The number of nitrogens with zero attached hydrogens (tertiary/aromatic N) is 5. The standard InChI is InChI=1S/C10H15N5O8/c11-12-13-23-10(22)6-15(5-9(20)21)2-1-14(3-7(16)17)4-8(18)19/h1-6H2,(H,16,17)(H,18,19)(H,20,21). The maximum absolute atomic E-state index is 11.3. The molecule has 0 saturated carbocycles. The van der Waals surface area contributed by atoms with Crippen LogP contribution < -0.4 is 0 Å². The molecule has 0 heterocycles. The molecule has 0 atom stereocenters. The lowest BCUT2D eigenvalue weighted by molar-refractivity contribution is -0.148. The SMILES string of the molecule is [N-]=[N+]=NOC(=O)CN(CCN(CC(=O)O)CC(=O)O)CC(=O)O. The second-order valence-corrected chi connectivity index (χ2v) is 4.24. The normalized spacial score (nSPS) is 10.2.